The molecule has 3 heteroatoms. The number of hydrogen-bond acceptors (Lipinski definition) is 2. The van der Waals surface area contributed by atoms with Gasteiger partial charge in [-0.3, -0.25) is 0 Å². The fourth-order valence-corrected chi connectivity index (χ4v) is 2.24. The van der Waals surface area contributed by atoms with Crippen molar-refractivity contribution in [2.24, 2.45) is 0 Å². The lowest BCUT2D eigenvalue weighted by Crippen LogP contribution is -2.27. The predicted octanol–water partition coefficient (Wildman–Crippen LogP) is 3.56. The normalized spacial score (nSPS) is 16.1. The summed E-state index contributed by atoms with van der Waals surface area (Å²) in [5.74, 6) is 0. The topological polar surface area (TPSA) is 21.3 Å². The van der Waals surface area contributed by atoms with Gasteiger partial charge in [0.1, 0.15) is 0 Å². The fourth-order valence-electron chi connectivity index (χ4n) is 1.76. The van der Waals surface area contributed by atoms with Gasteiger partial charge in [0.05, 0.1) is 6.61 Å². The lowest BCUT2D eigenvalue weighted by atomic mass is 9.92. The van der Waals surface area contributed by atoms with E-state index in [0.29, 0.717) is 12.6 Å². The molecule has 0 bridgehead atoms. The summed E-state index contributed by atoms with van der Waals surface area (Å²) in [5, 5.41) is 3.56. The number of ether oxygens (including phenoxy) is 1. The molecular weight excluding hydrogens is 254 g/mol. The van der Waals surface area contributed by atoms with Crippen LogP contribution >= 0.6 is 15.9 Å². The van der Waals surface area contributed by atoms with E-state index in [9.17, 15) is 0 Å². The Balaban J connectivity index is 2.15. The molecule has 0 atom stereocenters. The lowest BCUT2D eigenvalue weighted by molar-refractivity contribution is 0.184. The summed E-state index contributed by atoms with van der Waals surface area (Å²) in [7, 11) is 1.73. The zero-order chi connectivity index (χ0) is 10.7. The zero-order valence-electron chi connectivity index (χ0n) is 8.92. The first kappa shape index (κ1) is 11.0. The van der Waals surface area contributed by atoms with Crippen LogP contribution < -0.4 is 5.32 Å². The average molecular weight is 270 g/mol. The molecule has 0 aliphatic heterocycles. The first-order valence-electron chi connectivity index (χ1n) is 5.34. The van der Waals surface area contributed by atoms with Crippen LogP contribution in [0.25, 0.3) is 0 Å². The molecule has 2 nitrogen and oxygen atoms in total. The Morgan fingerprint density at radius 2 is 2.27 bits per heavy atom. The third kappa shape index (κ3) is 2.52. The van der Waals surface area contributed by atoms with Crippen molar-refractivity contribution in [2.45, 2.75) is 31.9 Å². The van der Waals surface area contributed by atoms with Gasteiger partial charge in [0.15, 0.2) is 0 Å². The van der Waals surface area contributed by atoms with Crippen LogP contribution in [0.2, 0.25) is 0 Å². The summed E-state index contributed by atoms with van der Waals surface area (Å²) in [5.41, 5.74) is 2.42. The highest BCUT2D eigenvalue weighted by molar-refractivity contribution is 9.10. The first-order chi connectivity index (χ1) is 7.31. The highest BCUT2D eigenvalue weighted by atomic mass is 79.9. The van der Waals surface area contributed by atoms with Crippen LogP contribution in [0.1, 0.15) is 24.8 Å². The van der Waals surface area contributed by atoms with Gasteiger partial charge in [-0.15, -0.1) is 0 Å². The molecule has 0 saturated heterocycles. The Labute approximate surface area is 99.1 Å². The molecule has 0 radical (unpaired) electrons. The van der Waals surface area contributed by atoms with Crippen molar-refractivity contribution in [2.75, 3.05) is 12.4 Å². The van der Waals surface area contributed by atoms with Crippen molar-refractivity contribution in [3.05, 3.63) is 28.2 Å². The highest BCUT2D eigenvalue weighted by Gasteiger charge is 2.18. The highest BCUT2D eigenvalue weighted by Crippen LogP contribution is 2.29. The van der Waals surface area contributed by atoms with Crippen LogP contribution in [0.15, 0.2) is 22.7 Å². The van der Waals surface area contributed by atoms with E-state index >= 15 is 0 Å². The monoisotopic (exact) mass is 269 g/mol. The molecule has 1 aromatic carbocycles. The number of halogens is 1. The number of anilines is 1. The van der Waals surface area contributed by atoms with E-state index in [2.05, 4.69) is 39.4 Å². The molecule has 1 N–H and O–H groups in total. The van der Waals surface area contributed by atoms with Gasteiger partial charge >= 0.3 is 0 Å². The minimum atomic E-state index is 0.649. The fraction of sp³-hybridized carbons (Fsp3) is 0.500. The van der Waals surface area contributed by atoms with Gasteiger partial charge in [0, 0.05) is 28.9 Å². The molecule has 1 aliphatic rings. The maximum atomic E-state index is 5.21. The summed E-state index contributed by atoms with van der Waals surface area (Å²) >= 11 is 3.56. The maximum absolute atomic E-state index is 5.21. The summed E-state index contributed by atoms with van der Waals surface area (Å²) in [6, 6.07) is 6.90. The van der Waals surface area contributed by atoms with Crippen molar-refractivity contribution >= 4 is 21.6 Å². The van der Waals surface area contributed by atoms with Gasteiger partial charge < -0.3 is 10.1 Å². The molecule has 15 heavy (non-hydrogen) atoms. The van der Waals surface area contributed by atoms with E-state index < -0.39 is 0 Å². The van der Waals surface area contributed by atoms with E-state index in [-0.39, 0.29) is 0 Å². The van der Waals surface area contributed by atoms with Crippen molar-refractivity contribution in [3.63, 3.8) is 0 Å². The number of methoxy groups -OCH3 is 1. The standard InChI is InChI=1S/C12H16BrNO/c1-15-8-10-11(13)6-3-7-12(10)14-9-4-2-5-9/h3,6-7,9,14H,2,4-5,8H2,1H3. The van der Waals surface area contributed by atoms with Crippen molar-refractivity contribution in [1.82, 2.24) is 0 Å². The quantitative estimate of drug-likeness (QED) is 0.903. The van der Waals surface area contributed by atoms with Gasteiger partial charge in [0.2, 0.25) is 0 Å². The largest absolute Gasteiger partial charge is 0.382 e. The third-order valence-electron chi connectivity index (χ3n) is 2.87. The van der Waals surface area contributed by atoms with Crippen LogP contribution in [0, 0.1) is 0 Å². The van der Waals surface area contributed by atoms with E-state index in [1.165, 1.54) is 30.5 Å². The van der Waals surface area contributed by atoms with Crippen molar-refractivity contribution in [1.29, 1.82) is 0 Å². The first-order valence-corrected chi connectivity index (χ1v) is 6.13. The molecule has 1 fully saturated rings. The molecular formula is C12H16BrNO. The number of benzene rings is 1. The number of nitrogens with one attached hydrogen (secondary N) is 1. The number of hydrogen-bond donors (Lipinski definition) is 1. The van der Waals surface area contributed by atoms with Crippen LogP contribution in [0.5, 0.6) is 0 Å². The van der Waals surface area contributed by atoms with E-state index in [0.717, 1.165) is 4.47 Å². The zero-order valence-corrected chi connectivity index (χ0v) is 10.5. The number of rotatable bonds is 4. The summed E-state index contributed by atoms with van der Waals surface area (Å²) in [6.07, 6.45) is 3.93. The van der Waals surface area contributed by atoms with Crippen molar-refractivity contribution < 1.29 is 4.74 Å². The average Bonchev–Trinajstić information content (AvgIpc) is 2.16. The molecule has 0 aromatic heterocycles. The van der Waals surface area contributed by atoms with Crippen LogP contribution in [0.4, 0.5) is 5.69 Å². The Hall–Kier alpha value is -0.540. The molecule has 0 amide bonds. The Morgan fingerprint density at radius 3 is 2.87 bits per heavy atom. The second-order valence-electron chi connectivity index (χ2n) is 3.97. The molecule has 0 spiro atoms. The van der Waals surface area contributed by atoms with Gasteiger partial charge in [-0.1, -0.05) is 22.0 Å². The van der Waals surface area contributed by atoms with E-state index in [4.69, 9.17) is 4.74 Å². The van der Waals surface area contributed by atoms with Gasteiger partial charge in [-0.05, 0) is 31.4 Å². The molecule has 1 saturated carbocycles. The van der Waals surface area contributed by atoms with Gasteiger partial charge in [-0.25, -0.2) is 0 Å². The molecule has 0 heterocycles. The second kappa shape index (κ2) is 4.99. The molecule has 0 unspecified atom stereocenters. The molecule has 82 valence electrons. The van der Waals surface area contributed by atoms with E-state index in [1.807, 2.05) is 0 Å². The van der Waals surface area contributed by atoms with Crippen LogP contribution in [-0.4, -0.2) is 13.2 Å². The molecule has 1 aromatic rings. The van der Waals surface area contributed by atoms with Crippen molar-refractivity contribution in [3.8, 4) is 0 Å². The van der Waals surface area contributed by atoms with Crippen LogP contribution in [-0.2, 0) is 11.3 Å². The van der Waals surface area contributed by atoms with Gasteiger partial charge in [0.25, 0.3) is 0 Å². The summed E-state index contributed by atoms with van der Waals surface area (Å²) in [4.78, 5) is 0. The smallest absolute Gasteiger partial charge is 0.0744 e. The third-order valence-corrected chi connectivity index (χ3v) is 3.62. The Bertz CT molecular complexity index is 336. The van der Waals surface area contributed by atoms with Crippen LogP contribution in [0.3, 0.4) is 0 Å². The minimum absolute atomic E-state index is 0.649. The predicted molar refractivity (Wildman–Crippen MR) is 66.1 cm³/mol. The summed E-state index contributed by atoms with van der Waals surface area (Å²) in [6.45, 7) is 0.649. The minimum Gasteiger partial charge on any atom is -0.382 e. The van der Waals surface area contributed by atoms with Gasteiger partial charge in [-0.2, -0.15) is 0 Å². The second-order valence-corrected chi connectivity index (χ2v) is 4.83. The Morgan fingerprint density at radius 1 is 1.47 bits per heavy atom. The lowest BCUT2D eigenvalue weighted by Gasteiger charge is -2.28. The Kier molecular flexibility index (Phi) is 3.65. The van der Waals surface area contributed by atoms with E-state index in [1.54, 1.807) is 7.11 Å². The summed E-state index contributed by atoms with van der Waals surface area (Å²) < 4.78 is 6.33. The SMILES string of the molecule is COCc1c(Br)cccc1NC1CCC1. The molecule has 2 rings (SSSR count). The maximum Gasteiger partial charge on any atom is 0.0744 e. The molecule has 1 aliphatic carbocycles.